The van der Waals surface area contributed by atoms with Crippen LogP contribution in [0.4, 0.5) is 13.2 Å². The van der Waals surface area contributed by atoms with Crippen LogP contribution in [-0.2, 0) is 6.18 Å². The molecule has 0 saturated heterocycles. The Hall–Kier alpha value is -3.07. The van der Waals surface area contributed by atoms with Crippen molar-refractivity contribution in [2.24, 2.45) is 0 Å². The lowest BCUT2D eigenvalue weighted by Gasteiger charge is -2.09. The van der Waals surface area contributed by atoms with Gasteiger partial charge in [-0.15, -0.1) is 0 Å². The van der Waals surface area contributed by atoms with Crippen LogP contribution in [0.1, 0.15) is 11.1 Å². The van der Waals surface area contributed by atoms with Gasteiger partial charge in [0.1, 0.15) is 0 Å². The van der Waals surface area contributed by atoms with Crippen molar-refractivity contribution < 1.29 is 13.2 Å². The summed E-state index contributed by atoms with van der Waals surface area (Å²) in [7, 11) is 0. The number of aromatic amines is 1. The molecule has 114 valence electrons. The Bertz CT molecular complexity index is 858. The topological polar surface area (TPSA) is 52.5 Å². The third-order valence-electron chi connectivity index (χ3n) is 3.49. The normalized spacial score (nSPS) is 11.2. The molecular formula is C17H10F3N3. The summed E-state index contributed by atoms with van der Waals surface area (Å²) in [5.74, 6) is 0. The number of halogens is 3. The van der Waals surface area contributed by atoms with E-state index in [4.69, 9.17) is 0 Å². The largest absolute Gasteiger partial charge is 0.416 e. The Morgan fingerprint density at radius 3 is 2.22 bits per heavy atom. The van der Waals surface area contributed by atoms with Gasteiger partial charge in [-0.2, -0.15) is 23.5 Å². The number of hydrogen-bond acceptors (Lipinski definition) is 2. The van der Waals surface area contributed by atoms with Gasteiger partial charge in [0.05, 0.1) is 23.4 Å². The second-order valence-electron chi connectivity index (χ2n) is 4.93. The van der Waals surface area contributed by atoms with Crippen LogP contribution in [-0.4, -0.2) is 10.2 Å². The molecule has 6 heteroatoms. The predicted octanol–water partition coefficient (Wildman–Crippen LogP) is 4.63. The van der Waals surface area contributed by atoms with E-state index in [0.29, 0.717) is 16.7 Å². The average Bonchev–Trinajstić information content (AvgIpc) is 3.08. The molecular weight excluding hydrogens is 303 g/mol. The van der Waals surface area contributed by atoms with E-state index in [1.165, 1.54) is 12.1 Å². The van der Waals surface area contributed by atoms with Crippen molar-refractivity contribution >= 4 is 0 Å². The van der Waals surface area contributed by atoms with E-state index in [2.05, 4.69) is 16.3 Å². The zero-order chi connectivity index (χ0) is 16.4. The summed E-state index contributed by atoms with van der Waals surface area (Å²) < 4.78 is 37.9. The third kappa shape index (κ3) is 2.94. The maximum absolute atomic E-state index is 12.6. The first-order valence-corrected chi connectivity index (χ1v) is 6.70. The van der Waals surface area contributed by atoms with Crippen LogP contribution in [0, 0.1) is 11.3 Å². The molecule has 1 N–H and O–H groups in total. The zero-order valence-corrected chi connectivity index (χ0v) is 11.7. The van der Waals surface area contributed by atoms with Crippen LogP contribution < -0.4 is 0 Å². The van der Waals surface area contributed by atoms with Gasteiger partial charge in [0, 0.05) is 17.3 Å². The van der Waals surface area contributed by atoms with E-state index in [1.807, 2.05) is 0 Å². The highest BCUT2D eigenvalue weighted by Crippen LogP contribution is 2.32. The molecule has 0 aliphatic carbocycles. The molecule has 0 bridgehead atoms. The highest BCUT2D eigenvalue weighted by atomic mass is 19.4. The first kappa shape index (κ1) is 14.9. The third-order valence-corrected chi connectivity index (χ3v) is 3.49. The van der Waals surface area contributed by atoms with Crippen LogP contribution in [0.2, 0.25) is 0 Å². The molecule has 0 unspecified atom stereocenters. The molecule has 0 aliphatic heterocycles. The van der Waals surface area contributed by atoms with Crippen molar-refractivity contribution in [3.8, 4) is 28.3 Å². The van der Waals surface area contributed by atoms with Crippen LogP contribution in [0.25, 0.3) is 22.3 Å². The number of hydrogen-bond donors (Lipinski definition) is 1. The van der Waals surface area contributed by atoms with Gasteiger partial charge in [-0.3, -0.25) is 5.10 Å². The first-order chi connectivity index (χ1) is 11.0. The van der Waals surface area contributed by atoms with E-state index in [9.17, 15) is 18.4 Å². The SMILES string of the molecule is N#Cc1ccc(-c2ccc(C(F)(F)F)cc2)cc1-c1cn[nH]c1. The maximum Gasteiger partial charge on any atom is 0.416 e. The van der Waals surface area contributed by atoms with Crippen molar-refractivity contribution in [3.63, 3.8) is 0 Å². The molecule has 0 radical (unpaired) electrons. The number of aromatic nitrogens is 2. The van der Waals surface area contributed by atoms with Crippen LogP contribution in [0.15, 0.2) is 54.9 Å². The predicted molar refractivity (Wildman–Crippen MR) is 79.2 cm³/mol. The molecule has 2 aromatic carbocycles. The molecule has 0 fully saturated rings. The summed E-state index contributed by atoms with van der Waals surface area (Å²) in [4.78, 5) is 0. The van der Waals surface area contributed by atoms with Crippen LogP contribution >= 0.6 is 0 Å². The van der Waals surface area contributed by atoms with Crippen molar-refractivity contribution in [2.45, 2.75) is 6.18 Å². The van der Waals surface area contributed by atoms with E-state index in [0.717, 1.165) is 23.3 Å². The van der Waals surface area contributed by atoms with Gasteiger partial charge in [-0.25, -0.2) is 0 Å². The number of benzene rings is 2. The van der Waals surface area contributed by atoms with E-state index >= 15 is 0 Å². The number of alkyl halides is 3. The molecule has 0 spiro atoms. The molecule has 0 saturated carbocycles. The van der Waals surface area contributed by atoms with Crippen LogP contribution in [0.5, 0.6) is 0 Å². The smallest absolute Gasteiger partial charge is 0.285 e. The summed E-state index contributed by atoms with van der Waals surface area (Å²) in [5, 5.41) is 15.7. The van der Waals surface area contributed by atoms with E-state index < -0.39 is 11.7 Å². The van der Waals surface area contributed by atoms with Gasteiger partial charge < -0.3 is 0 Å². The molecule has 1 aromatic heterocycles. The molecule has 3 rings (SSSR count). The van der Waals surface area contributed by atoms with Gasteiger partial charge in [0.25, 0.3) is 0 Å². The van der Waals surface area contributed by atoms with E-state index in [-0.39, 0.29) is 0 Å². The minimum atomic E-state index is -4.36. The molecule has 23 heavy (non-hydrogen) atoms. The summed E-state index contributed by atoms with van der Waals surface area (Å²) in [6.07, 6.45) is -1.11. The number of nitrogens with one attached hydrogen (secondary N) is 1. The molecule has 0 aliphatic rings. The standard InChI is InChI=1S/C17H10F3N3/c18-17(19,20)15-5-3-11(4-6-15)12-1-2-13(8-21)16(7-12)14-9-22-23-10-14/h1-7,9-10H,(H,22,23). The van der Waals surface area contributed by atoms with Crippen LogP contribution in [0.3, 0.4) is 0 Å². The van der Waals surface area contributed by atoms with Crippen molar-refractivity contribution in [3.05, 3.63) is 66.0 Å². The Morgan fingerprint density at radius 2 is 1.65 bits per heavy atom. The molecule has 0 amide bonds. The summed E-state index contributed by atoms with van der Waals surface area (Å²) in [6, 6.07) is 12.2. The Balaban J connectivity index is 2.04. The van der Waals surface area contributed by atoms with Gasteiger partial charge in [0.15, 0.2) is 0 Å². The highest BCUT2D eigenvalue weighted by molar-refractivity contribution is 5.77. The molecule has 0 atom stereocenters. The van der Waals surface area contributed by atoms with Gasteiger partial charge in [0.2, 0.25) is 0 Å². The van der Waals surface area contributed by atoms with Crippen molar-refractivity contribution in [2.75, 3.05) is 0 Å². The summed E-state index contributed by atoms with van der Waals surface area (Å²) >= 11 is 0. The lowest BCUT2D eigenvalue weighted by atomic mass is 9.96. The minimum Gasteiger partial charge on any atom is -0.285 e. The molecule has 3 nitrogen and oxygen atoms in total. The first-order valence-electron chi connectivity index (χ1n) is 6.70. The summed E-state index contributed by atoms with van der Waals surface area (Å²) in [6.45, 7) is 0. The minimum absolute atomic E-state index is 0.474. The maximum atomic E-state index is 12.6. The van der Waals surface area contributed by atoms with Crippen molar-refractivity contribution in [1.29, 1.82) is 5.26 Å². The van der Waals surface area contributed by atoms with E-state index in [1.54, 1.807) is 30.6 Å². The zero-order valence-electron chi connectivity index (χ0n) is 11.7. The van der Waals surface area contributed by atoms with Gasteiger partial charge in [-0.05, 0) is 35.4 Å². The second-order valence-corrected chi connectivity index (χ2v) is 4.93. The van der Waals surface area contributed by atoms with Crippen molar-refractivity contribution in [1.82, 2.24) is 10.2 Å². The Morgan fingerprint density at radius 1 is 0.957 bits per heavy atom. The quantitative estimate of drug-likeness (QED) is 0.749. The second kappa shape index (κ2) is 5.61. The van der Waals surface area contributed by atoms with Gasteiger partial charge in [-0.1, -0.05) is 18.2 Å². The monoisotopic (exact) mass is 313 g/mol. The Labute approximate surface area is 130 Å². The number of nitrogens with zero attached hydrogens (tertiary/aromatic N) is 2. The number of nitriles is 1. The lowest BCUT2D eigenvalue weighted by Crippen LogP contribution is -2.03. The van der Waals surface area contributed by atoms with Gasteiger partial charge >= 0.3 is 6.18 Å². The molecule has 3 aromatic rings. The summed E-state index contributed by atoms with van der Waals surface area (Å²) in [5.41, 5.74) is 2.59. The number of rotatable bonds is 2. The Kier molecular flexibility index (Phi) is 3.62. The fraction of sp³-hybridized carbons (Fsp3) is 0.0588. The lowest BCUT2D eigenvalue weighted by molar-refractivity contribution is -0.137. The highest BCUT2D eigenvalue weighted by Gasteiger charge is 2.29. The fourth-order valence-corrected chi connectivity index (χ4v) is 2.31. The average molecular weight is 313 g/mol. The number of H-pyrrole nitrogens is 1. The fourth-order valence-electron chi connectivity index (χ4n) is 2.31. The molecule has 1 heterocycles.